The highest BCUT2D eigenvalue weighted by molar-refractivity contribution is 5.97. The van der Waals surface area contributed by atoms with Crippen LogP contribution in [0.1, 0.15) is 35.4 Å². The topological polar surface area (TPSA) is 33.5 Å². The molecule has 1 aromatic carbocycles. The number of carbonyl (C=O) groups is 1. The summed E-state index contributed by atoms with van der Waals surface area (Å²) in [5.41, 5.74) is 1.55. The summed E-state index contributed by atoms with van der Waals surface area (Å²) >= 11 is 0. The SMILES string of the molecule is O=Cc1c(CCCN2CCCC2)oc2ccccc12. The summed E-state index contributed by atoms with van der Waals surface area (Å²) in [4.78, 5) is 13.7. The molecule has 0 bridgehead atoms. The standard InChI is InChI=1S/C16H19NO2/c18-12-14-13-6-1-2-7-15(13)19-16(14)8-5-11-17-9-3-4-10-17/h1-2,6-7,12H,3-5,8-11H2. The van der Waals surface area contributed by atoms with Crippen LogP contribution >= 0.6 is 0 Å². The molecule has 0 aliphatic carbocycles. The highest BCUT2D eigenvalue weighted by Crippen LogP contribution is 2.25. The lowest BCUT2D eigenvalue weighted by atomic mass is 10.1. The molecule has 100 valence electrons. The number of hydrogen-bond acceptors (Lipinski definition) is 3. The monoisotopic (exact) mass is 257 g/mol. The van der Waals surface area contributed by atoms with Gasteiger partial charge in [-0.2, -0.15) is 0 Å². The van der Waals surface area contributed by atoms with E-state index in [0.717, 1.165) is 48.0 Å². The number of nitrogens with zero attached hydrogens (tertiary/aromatic N) is 1. The number of hydrogen-bond donors (Lipinski definition) is 0. The summed E-state index contributed by atoms with van der Waals surface area (Å²) in [6.07, 6.45) is 5.48. The summed E-state index contributed by atoms with van der Waals surface area (Å²) in [6, 6.07) is 7.76. The Morgan fingerprint density at radius 1 is 1.21 bits per heavy atom. The van der Waals surface area contributed by atoms with Gasteiger partial charge in [-0.1, -0.05) is 18.2 Å². The number of para-hydroxylation sites is 1. The number of aldehydes is 1. The van der Waals surface area contributed by atoms with Crippen molar-refractivity contribution in [2.75, 3.05) is 19.6 Å². The summed E-state index contributed by atoms with van der Waals surface area (Å²) in [5, 5.41) is 0.939. The Labute approximate surface area is 113 Å². The first-order valence-corrected chi connectivity index (χ1v) is 7.06. The minimum atomic E-state index is 0.733. The van der Waals surface area contributed by atoms with Crippen molar-refractivity contribution in [3.05, 3.63) is 35.6 Å². The summed E-state index contributed by atoms with van der Waals surface area (Å²) in [6.45, 7) is 3.55. The second kappa shape index (κ2) is 5.57. The molecule has 3 rings (SSSR count). The summed E-state index contributed by atoms with van der Waals surface area (Å²) in [5.74, 6) is 0.843. The third kappa shape index (κ3) is 2.56. The number of fused-ring (bicyclic) bond motifs is 1. The van der Waals surface area contributed by atoms with Crippen molar-refractivity contribution in [2.45, 2.75) is 25.7 Å². The first-order valence-electron chi connectivity index (χ1n) is 7.06. The number of carbonyl (C=O) groups excluding carboxylic acids is 1. The lowest BCUT2D eigenvalue weighted by molar-refractivity contribution is 0.112. The Balaban J connectivity index is 1.71. The second-order valence-corrected chi connectivity index (χ2v) is 5.21. The maximum Gasteiger partial charge on any atom is 0.154 e. The normalized spacial score (nSPS) is 16.2. The molecule has 1 fully saturated rings. The number of rotatable bonds is 5. The van der Waals surface area contributed by atoms with E-state index in [-0.39, 0.29) is 0 Å². The molecule has 0 saturated carbocycles. The third-order valence-electron chi connectivity index (χ3n) is 3.91. The highest BCUT2D eigenvalue weighted by Gasteiger charge is 2.14. The predicted molar refractivity (Wildman–Crippen MR) is 75.6 cm³/mol. The zero-order valence-corrected chi connectivity index (χ0v) is 11.1. The van der Waals surface area contributed by atoms with Crippen molar-refractivity contribution >= 4 is 17.3 Å². The second-order valence-electron chi connectivity index (χ2n) is 5.21. The number of aryl methyl sites for hydroxylation is 1. The van der Waals surface area contributed by atoms with Crippen LogP contribution in [0.5, 0.6) is 0 Å². The van der Waals surface area contributed by atoms with Gasteiger partial charge in [0.1, 0.15) is 11.3 Å². The average molecular weight is 257 g/mol. The maximum atomic E-state index is 11.3. The van der Waals surface area contributed by atoms with Crippen molar-refractivity contribution in [3.8, 4) is 0 Å². The van der Waals surface area contributed by atoms with Gasteiger partial charge in [-0.25, -0.2) is 0 Å². The van der Waals surface area contributed by atoms with Crippen LogP contribution in [0.3, 0.4) is 0 Å². The van der Waals surface area contributed by atoms with Crippen molar-refractivity contribution in [1.29, 1.82) is 0 Å². The average Bonchev–Trinajstić information content (AvgIpc) is 3.05. The van der Waals surface area contributed by atoms with Crippen LogP contribution in [0.2, 0.25) is 0 Å². The van der Waals surface area contributed by atoms with Gasteiger partial charge in [-0.15, -0.1) is 0 Å². The minimum absolute atomic E-state index is 0.733. The molecule has 3 heteroatoms. The molecule has 1 aliphatic heterocycles. The van der Waals surface area contributed by atoms with Gasteiger partial charge in [0.25, 0.3) is 0 Å². The van der Waals surface area contributed by atoms with Crippen molar-refractivity contribution < 1.29 is 9.21 Å². The van der Waals surface area contributed by atoms with Crippen LogP contribution in [0.25, 0.3) is 11.0 Å². The lowest BCUT2D eigenvalue weighted by Crippen LogP contribution is -2.20. The molecule has 19 heavy (non-hydrogen) atoms. The summed E-state index contributed by atoms with van der Waals surface area (Å²) < 4.78 is 5.81. The molecule has 2 aromatic rings. The molecule has 1 aromatic heterocycles. The van der Waals surface area contributed by atoms with E-state index in [1.165, 1.54) is 25.9 Å². The van der Waals surface area contributed by atoms with Crippen LogP contribution < -0.4 is 0 Å². The van der Waals surface area contributed by atoms with Crippen molar-refractivity contribution in [3.63, 3.8) is 0 Å². The molecule has 1 saturated heterocycles. The van der Waals surface area contributed by atoms with Gasteiger partial charge in [0.05, 0.1) is 5.56 Å². The van der Waals surface area contributed by atoms with Crippen molar-refractivity contribution in [2.24, 2.45) is 0 Å². The van der Waals surface area contributed by atoms with Gasteiger partial charge in [-0.05, 0) is 45.0 Å². The fourth-order valence-corrected chi connectivity index (χ4v) is 2.90. The lowest BCUT2D eigenvalue weighted by Gasteiger charge is -2.13. The van der Waals surface area contributed by atoms with E-state index < -0.39 is 0 Å². The zero-order chi connectivity index (χ0) is 13.1. The van der Waals surface area contributed by atoms with E-state index in [0.29, 0.717) is 0 Å². The van der Waals surface area contributed by atoms with Gasteiger partial charge in [-0.3, -0.25) is 4.79 Å². The molecule has 1 aliphatic rings. The smallest absolute Gasteiger partial charge is 0.154 e. The summed E-state index contributed by atoms with van der Waals surface area (Å²) in [7, 11) is 0. The van der Waals surface area contributed by atoms with Gasteiger partial charge >= 0.3 is 0 Å². The molecule has 0 amide bonds. The minimum Gasteiger partial charge on any atom is -0.460 e. The zero-order valence-electron chi connectivity index (χ0n) is 11.1. The molecule has 0 N–H and O–H groups in total. The van der Waals surface area contributed by atoms with Crippen LogP contribution in [0, 0.1) is 0 Å². The molecule has 2 heterocycles. The number of likely N-dealkylation sites (tertiary alicyclic amines) is 1. The third-order valence-corrected chi connectivity index (χ3v) is 3.91. The van der Waals surface area contributed by atoms with Gasteiger partial charge in [0, 0.05) is 11.8 Å². The van der Waals surface area contributed by atoms with E-state index >= 15 is 0 Å². The molecule has 0 unspecified atom stereocenters. The van der Waals surface area contributed by atoms with Gasteiger partial charge in [0.2, 0.25) is 0 Å². The van der Waals surface area contributed by atoms with Crippen LogP contribution in [-0.2, 0) is 6.42 Å². The van der Waals surface area contributed by atoms with E-state index in [1.54, 1.807) is 0 Å². The Bertz CT molecular complexity index is 567. The van der Waals surface area contributed by atoms with Crippen LogP contribution in [-0.4, -0.2) is 30.8 Å². The molecular weight excluding hydrogens is 238 g/mol. The maximum absolute atomic E-state index is 11.3. The molecule has 0 spiro atoms. The fraction of sp³-hybridized carbons (Fsp3) is 0.438. The molecule has 0 atom stereocenters. The van der Waals surface area contributed by atoms with Crippen LogP contribution in [0.4, 0.5) is 0 Å². The quantitative estimate of drug-likeness (QED) is 0.771. The Kier molecular flexibility index (Phi) is 3.65. The first kappa shape index (κ1) is 12.4. The van der Waals surface area contributed by atoms with Gasteiger partial charge in [0.15, 0.2) is 6.29 Å². The largest absolute Gasteiger partial charge is 0.460 e. The molecular formula is C16H19NO2. The predicted octanol–water partition coefficient (Wildman–Crippen LogP) is 3.27. The van der Waals surface area contributed by atoms with Crippen LogP contribution in [0.15, 0.2) is 28.7 Å². The van der Waals surface area contributed by atoms with Crippen molar-refractivity contribution in [1.82, 2.24) is 4.90 Å². The van der Waals surface area contributed by atoms with E-state index in [2.05, 4.69) is 4.90 Å². The number of furan rings is 1. The number of benzene rings is 1. The molecule has 3 nitrogen and oxygen atoms in total. The Hall–Kier alpha value is -1.61. The fourth-order valence-electron chi connectivity index (χ4n) is 2.90. The molecule has 0 radical (unpaired) electrons. The van der Waals surface area contributed by atoms with E-state index in [4.69, 9.17) is 4.42 Å². The van der Waals surface area contributed by atoms with Gasteiger partial charge < -0.3 is 9.32 Å². The highest BCUT2D eigenvalue weighted by atomic mass is 16.3. The van der Waals surface area contributed by atoms with E-state index in [1.807, 2.05) is 24.3 Å². The van der Waals surface area contributed by atoms with E-state index in [9.17, 15) is 4.79 Å². The Morgan fingerprint density at radius 2 is 2.00 bits per heavy atom. The Morgan fingerprint density at radius 3 is 2.79 bits per heavy atom. The first-order chi connectivity index (χ1) is 9.38.